The molecule has 0 aliphatic carbocycles. The number of aliphatic carboxylic acids is 1. The molecule has 17 heavy (non-hydrogen) atoms. The Hall–Kier alpha value is -2.42. The first kappa shape index (κ1) is 12.6. The van der Waals surface area contributed by atoms with Crippen LogP contribution in [0.25, 0.3) is 0 Å². The summed E-state index contributed by atoms with van der Waals surface area (Å²) in [5, 5.41) is 28.3. The maximum absolute atomic E-state index is 10.7. The van der Waals surface area contributed by atoms with E-state index in [0.29, 0.717) is 17.5 Å². The Kier molecular flexibility index (Phi) is 3.78. The summed E-state index contributed by atoms with van der Waals surface area (Å²) in [6.07, 6.45) is 0.142. The zero-order valence-corrected chi connectivity index (χ0v) is 9.14. The smallest absolute Gasteiger partial charge is 0.307 e. The topological polar surface area (TPSA) is 104 Å². The highest BCUT2D eigenvalue weighted by Crippen LogP contribution is 2.23. The van der Waals surface area contributed by atoms with Crippen molar-refractivity contribution >= 4 is 11.7 Å². The van der Waals surface area contributed by atoms with Gasteiger partial charge in [0.15, 0.2) is 0 Å². The Labute approximate surface area is 97.3 Å². The van der Waals surface area contributed by atoms with Crippen LogP contribution in [0.15, 0.2) is 12.1 Å². The summed E-state index contributed by atoms with van der Waals surface area (Å²) in [5.74, 6) is -1.06. The average molecular weight is 234 g/mol. The minimum Gasteiger partial charge on any atom is -0.481 e. The lowest BCUT2D eigenvalue weighted by atomic mass is 9.96. The van der Waals surface area contributed by atoms with Crippen LogP contribution < -0.4 is 0 Å². The van der Waals surface area contributed by atoms with Crippen LogP contribution in [0, 0.1) is 21.4 Å². The molecule has 1 aromatic rings. The molecule has 6 heteroatoms. The molecule has 0 fully saturated rings. The summed E-state index contributed by atoms with van der Waals surface area (Å²) in [7, 11) is 0. The highest BCUT2D eigenvalue weighted by atomic mass is 16.6. The van der Waals surface area contributed by atoms with Crippen molar-refractivity contribution in [1.82, 2.24) is 0 Å². The maximum Gasteiger partial charge on any atom is 0.307 e. The number of benzene rings is 1. The van der Waals surface area contributed by atoms with Gasteiger partial charge in [-0.1, -0.05) is 6.92 Å². The monoisotopic (exact) mass is 234 g/mol. The molecule has 0 unspecified atom stereocenters. The minimum absolute atomic E-state index is 0.0541. The van der Waals surface area contributed by atoms with E-state index in [1.807, 2.05) is 0 Å². The lowest BCUT2D eigenvalue weighted by Crippen LogP contribution is -2.07. The van der Waals surface area contributed by atoms with Gasteiger partial charge in [-0.25, -0.2) is 0 Å². The zero-order valence-electron chi connectivity index (χ0n) is 9.14. The second-order valence-corrected chi connectivity index (χ2v) is 3.42. The third kappa shape index (κ3) is 2.78. The molecule has 0 saturated heterocycles. The van der Waals surface area contributed by atoms with Crippen molar-refractivity contribution in [3.05, 3.63) is 38.9 Å². The number of non-ortho nitro benzene ring substituents is 1. The number of rotatable bonds is 4. The van der Waals surface area contributed by atoms with Gasteiger partial charge in [0.1, 0.15) is 0 Å². The van der Waals surface area contributed by atoms with Crippen LogP contribution in [-0.2, 0) is 17.6 Å². The van der Waals surface area contributed by atoms with Crippen LogP contribution >= 0.6 is 0 Å². The van der Waals surface area contributed by atoms with Gasteiger partial charge in [0.25, 0.3) is 5.69 Å². The van der Waals surface area contributed by atoms with Gasteiger partial charge in [-0.05, 0) is 17.5 Å². The highest BCUT2D eigenvalue weighted by molar-refractivity contribution is 5.72. The van der Waals surface area contributed by atoms with Gasteiger partial charge in [0.05, 0.1) is 23.0 Å². The second-order valence-electron chi connectivity index (χ2n) is 3.42. The molecule has 0 aliphatic heterocycles. The van der Waals surface area contributed by atoms with Crippen LogP contribution in [0.2, 0.25) is 0 Å². The number of nitrogens with zero attached hydrogens (tertiary/aromatic N) is 2. The van der Waals surface area contributed by atoms with E-state index in [-0.39, 0.29) is 17.7 Å². The third-order valence-electron chi connectivity index (χ3n) is 2.37. The number of carboxylic acid groups (broad SMARTS) is 1. The third-order valence-corrected chi connectivity index (χ3v) is 2.37. The van der Waals surface area contributed by atoms with Crippen molar-refractivity contribution in [3.63, 3.8) is 0 Å². The van der Waals surface area contributed by atoms with E-state index in [9.17, 15) is 14.9 Å². The quantitative estimate of drug-likeness (QED) is 0.630. The van der Waals surface area contributed by atoms with Crippen molar-refractivity contribution in [3.8, 4) is 6.07 Å². The van der Waals surface area contributed by atoms with Gasteiger partial charge in [-0.15, -0.1) is 0 Å². The Balaban J connectivity index is 3.42. The Bertz CT molecular complexity index is 517. The van der Waals surface area contributed by atoms with Gasteiger partial charge in [0, 0.05) is 12.1 Å². The number of nitriles is 1. The van der Waals surface area contributed by atoms with E-state index in [1.165, 1.54) is 6.07 Å². The summed E-state index contributed by atoms with van der Waals surface area (Å²) in [6, 6.07) is 4.23. The maximum atomic E-state index is 10.7. The second kappa shape index (κ2) is 5.07. The lowest BCUT2D eigenvalue weighted by Gasteiger charge is -2.07. The van der Waals surface area contributed by atoms with Crippen molar-refractivity contribution in [2.24, 2.45) is 0 Å². The largest absolute Gasteiger partial charge is 0.481 e. The molecule has 0 amide bonds. The number of nitro benzene ring substituents is 1. The average Bonchev–Trinajstić information content (AvgIpc) is 2.28. The molecular formula is C11H10N2O4. The lowest BCUT2D eigenvalue weighted by molar-refractivity contribution is -0.384. The van der Waals surface area contributed by atoms with Crippen molar-refractivity contribution in [1.29, 1.82) is 5.26 Å². The predicted molar refractivity (Wildman–Crippen MR) is 58.5 cm³/mol. The summed E-state index contributed by atoms with van der Waals surface area (Å²) >= 11 is 0. The summed E-state index contributed by atoms with van der Waals surface area (Å²) < 4.78 is 0. The SMILES string of the molecule is CCc1cc([N+](=O)[O-])cc(C#N)c1CC(=O)O. The van der Waals surface area contributed by atoms with Crippen LogP contribution in [0.5, 0.6) is 0 Å². The molecule has 88 valence electrons. The molecule has 0 radical (unpaired) electrons. The van der Waals surface area contributed by atoms with Gasteiger partial charge < -0.3 is 5.11 Å². The number of carbonyl (C=O) groups is 1. The molecule has 1 aromatic carbocycles. The minimum atomic E-state index is -1.06. The normalized spacial score (nSPS) is 9.65. The number of carboxylic acids is 1. The van der Waals surface area contributed by atoms with E-state index in [0.717, 1.165) is 6.07 Å². The Morgan fingerprint density at radius 2 is 2.24 bits per heavy atom. The zero-order chi connectivity index (χ0) is 13.0. The number of aryl methyl sites for hydroxylation is 1. The van der Waals surface area contributed by atoms with E-state index in [4.69, 9.17) is 10.4 Å². The molecule has 0 heterocycles. The Morgan fingerprint density at radius 3 is 2.65 bits per heavy atom. The number of hydrogen-bond acceptors (Lipinski definition) is 4. The number of hydrogen-bond donors (Lipinski definition) is 1. The summed E-state index contributed by atoms with van der Waals surface area (Å²) in [5.41, 5.74) is 0.747. The van der Waals surface area contributed by atoms with Crippen LogP contribution in [0.4, 0.5) is 5.69 Å². The van der Waals surface area contributed by atoms with Gasteiger partial charge in [0.2, 0.25) is 0 Å². The van der Waals surface area contributed by atoms with E-state index in [2.05, 4.69) is 0 Å². The molecule has 1 N–H and O–H groups in total. The van der Waals surface area contributed by atoms with E-state index in [1.54, 1.807) is 13.0 Å². The van der Waals surface area contributed by atoms with Crippen LogP contribution in [0.3, 0.4) is 0 Å². The standard InChI is InChI=1S/C11H10N2O4/c1-2-7-3-9(13(16)17)4-8(6-12)10(7)5-11(14)15/h3-4H,2,5H2,1H3,(H,14,15). The predicted octanol–water partition coefficient (Wildman–Crippen LogP) is 1.66. The first-order valence-corrected chi connectivity index (χ1v) is 4.91. The van der Waals surface area contributed by atoms with Gasteiger partial charge >= 0.3 is 5.97 Å². The molecule has 1 rings (SSSR count). The summed E-state index contributed by atoms with van der Waals surface area (Å²) in [6.45, 7) is 1.76. The Morgan fingerprint density at radius 1 is 1.59 bits per heavy atom. The first-order valence-electron chi connectivity index (χ1n) is 4.91. The van der Waals surface area contributed by atoms with Crippen molar-refractivity contribution in [2.45, 2.75) is 19.8 Å². The molecule has 0 spiro atoms. The fraction of sp³-hybridized carbons (Fsp3) is 0.273. The molecule has 0 aliphatic rings. The van der Waals surface area contributed by atoms with Gasteiger partial charge in [-0.2, -0.15) is 5.26 Å². The molecular weight excluding hydrogens is 224 g/mol. The van der Waals surface area contributed by atoms with Crippen molar-refractivity contribution in [2.75, 3.05) is 0 Å². The molecule has 0 bridgehead atoms. The van der Waals surface area contributed by atoms with E-state index < -0.39 is 10.9 Å². The van der Waals surface area contributed by atoms with Crippen molar-refractivity contribution < 1.29 is 14.8 Å². The van der Waals surface area contributed by atoms with E-state index >= 15 is 0 Å². The molecule has 6 nitrogen and oxygen atoms in total. The molecule has 0 aromatic heterocycles. The van der Waals surface area contributed by atoms with Gasteiger partial charge in [-0.3, -0.25) is 14.9 Å². The van der Waals surface area contributed by atoms with Crippen LogP contribution in [0.1, 0.15) is 23.6 Å². The number of nitro groups is 1. The van der Waals surface area contributed by atoms with Crippen LogP contribution in [-0.4, -0.2) is 16.0 Å². The molecule has 0 saturated carbocycles. The first-order chi connectivity index (χ1) is 7.99. The fourth-order valence-electron chi connectivity index (χ4n) is 1.60. The summed E-state index contributed by atoms with van der Waals surface area (Å²) in [4.78, 5) is 20.7. The highest BCUT2D eigenvalue weighted by Gasteiger charge is 2.17. The molecule has 0 atom stereocenters. The fourth-order valence-corrected chi connectivity index (χ4v) is 1.60.